The molecular weight excluding hydrogens is 246 g/mol. The van der Waals surface area contributed by atoms with Gasteiger partial charge in [0.25, 0.3) is 0 Å². The summed E-state index contributed by atoms with van der Waals surface area (Å²) in [6, 6.07) is 7.54. The summed E-state index contributed by atoms with van der Waals surface area (Å²) in [5.41, 5.74) is 6.24. The first-order chi connectivity index (χ1) is 9.07. The standard InChI is InChI=1S/C13H15N3O3/c14-13(12(17)18)5-6-16(8-13)7-11-15-9-3-1-2-4-10(9)19-11/h1-4H,5-8,14H2,(H,17,18). The van der Waals surface area contributed by atoms with Crippen LogP contribution in [0.4, 0.5) is 0 Å². The topological polar surface area (TPSA) is 92.6 Å². The summed E-state index contributed by atoms with van der Waals surface area (Å²) in [5.74, 6) is -0.358. The van der Waals surface area contributed by atoms with Crippen LogP contribution in [0.2, 0.25) is 0 Å². The Hall–Kier alpha value is -1.92. The van der Waals surface area contributed by atoms with Crippen molar-refractivity contribution in [1.29, 1.82) is 0 Å². The lowest BCUT2D eigenvalue weighted by molar-refractivity contribution is -0.142. The number of carbonyl (C=O) groups is 1. The van der Waals surface area contributed by atoms with Crippen molar-refractivity contribution in [3.05, 3.63) is 30.2 Å². The molecule has 1 aromatic carbocycles. The SMILES string of the molecule is NC1(C(=O)O)CCN(Cc2nc3ccccc3o2)C1. The fourth-order valence-electron chi connectivity index (χ4n) is 2.40. The quantitative estimate of drug-likeness (QED) is 0.849. The molecule has 3 N–H and O–H groups in total. The molecule has 0 amide bonds. The van der Waals surface area contributed by atoms with E-state index in [9.17, 15) is 4.79 Å². The molecule has 0 radical (unpaired) electrons. The lowest BCUT2D eigenvalue weighted by atomic mass is 10.0. The zero-order chi connectivity index (χ0) is 13.5. The van der Waals surface area contributed by atoms with Crippen LogP contribution in [0.3, 0.4) is 0 Å². The van der Waals surface area contributed by atoms with Crippen molar-refractivity contribution in [2.75, 3.05) is 13.1 Å². The minimum Gasteiger partial charge on any atom is -0.480 e. The van der Waals surface area contributed by atoms with Crippen molar-refractivity contribution < 1.29 is 14.3 Å². The van der Waals surface area contributed by atoms with Gasteiger partial charge in [0.1, 0.15) is 11.1 Å². The predicted octanol–water partition coefficient (Wildman–Crippen LogP) is 0.816. The molecule has 6 heteroatoms. The van der Waals surface area contributed by atoms with E-state index in [4.69, 9.17) is 15.3 Å². The Balaban J connectivity index is 1.74. The smallest absolute Gasteiger partial charge is 0.325 e. The lowest BCUT2D eigenvalue weighted by Gasteiger charge is -2.18. The second-order valence-corrected chi connectivity index (χ2v) is 5.00. The van der Waals surface area contributed by atoms with Crippen molar-refractivity contribution in [2.45, 2.75) is 18.5 Å². The number of oxazole rings is 1. The highest BCUT2D eigenvalue weighted by Crippen LogP contribution is 2.22. The fourth-order valence-corrected chi connectivity index (χ4v) is 2.40. The highest BCUT2D eigenvalue weighted by atomic mass is 16.4. The van der Waals surface area contributed by atoms with Crippen molar-refractivity contribution in [1.82, 2.24) is 9.88 Å². The molecule has 0 saturated carbocycles. The van der Waals surface area contributed by atoms with E-state index in [2.05, 4.69) is 4.98 Å². The van der Waals surface area contributed by atoms with E-state index >= 15 is 0 Å². The number of carboxylic acids is 1. The highest BCUT2D eigenvalue weighted by Gasteiger charge is 2.41. The Bertz CT molecular complexity index is 591. The first-order valence-electron chi connectivity index (χ1n) is 6.16. The average molecular weight is 261 g/mol. The number of nitrogens with two attached hydrogens (primary N) is 1. The number of para-hydroxylation sites is 2. The number of nitrogens with zero attached hydrogens (tertiary/aromatic N) is 2. The van der Waals surface area contributed by atoms with Crippen LogP contribution in [0.15, 0.2) is 28.7 Å². The second kappa shape index (κ2) is 4.32. The maximum absolute atomic E-state index is 11.1. The summed E-state index contributed by atoms with van der Waals surface area (Å²) in [6.45, 7) is 1.45. The molecule has 6 nitrogen and oxygen atoms in total. The van der Waals surface area contributed by atoms with Crippen molar-refractivity contribution >= 4 is 17.1 Å². The summed E-state index contributed by atoms with van der Waals surface area (Å²) in [6.07, 6.45) is 0.447. The number of benzene rings is 1. The van der Waals surface area contributed by atoms with Gasteiger partial charge < -0.3 is 15.3 Å². The molecule has 1 fully saturated rings. The van der Waals surface area contributed by atoms with Gasteiger partial charge in [-0.05, 0) is 18.6 Å². The molecule has 1 aliphatic heterocycles. The van der Waals surface area contributed by atoms with Crippen LogP contribution < -0.4 is 5.73 Å². The average Bonchev–Trinajstić information content (AvgIpc) is 2.93. The fraction of sp³-hybridized carbons (Fsp3) is 0.385. The number of aromatic nitrogens is 1. The van der Waals surface area contributed by atoms with E-state index in [1.54, 1.807) is 0 Å². The molecule has 2 heterocycles. The van der Waals surface area contributed by atoms with Gasteiger partial charge >= 0.3 is 5.97 Å². The van der Waals surface area contributed by atoms with E-state index < -0.39 is 11.5 Å². The zero-order valence-corrected chi connectivity index (χ0v) is 10.4. The second-order valence-electron chi connectivity index (χ2n) is 5.00. The Morgan fingerprint density at radius 3 is 3.00 bits per heavy atom. The molecule has 1 unspecified atom stereocenters. The molecule has 0 spiro atoms. The van der Waals surface area contributed by atoms with Crippen LogP contribution in [0.5, 0.6) is 0 Å². The molecular formula is C13H15N3O3. The third-order valence-electron chi connectivity index (χ3n) is 3.50. The van der Waals surface area contributed by atoms with Gasteiger partial charge in [-0.25, -0.2) is 4.98 Å². The van der Waals surface area contributed by atoms with Gasteiger partial charge in [0.05, 0.1) is 6.54 Å². The van der Waals surface area contributed by atoms with E-state index in [1.807, 2.05) is 29.2 Å². The van der Waals surface area contributed by atoms with Crippen LogP contribution in [0.1, 0.15) is 12.3 Å². The van der Waals surface area contributed by atoms with Crippen molar-refractivity contribution in [3.63, 3.8) is 0 Å². The third kappa shape index (κ3) is 2.20. The van der Waals surface area contributed by atoms with Gasteiger partial charge in [-0.2, -0.15) is 0 Å². The maximum atomic E-state index is 11.1. The summed E-state index contributed by atoms with van der Waals surface area (Å²) in [7, 11) is 0. The van der Waals surface area contributed by atoms with Crippen LogP contribution in [0.25, 0.3) is 11.1 Å². The van der Waals surface area contributed by atoms with Crippen molar-refractivity contribution in [2.24, 2.45) is 5.73 Å². The predicted molar refractivity (Wildman–Crippen MR) is 68.5 cm³/mol. The minimum atomic E-state index is -1.15. The molecule has 0 bridgehead atoms. The van der Waals surface area contributed by atoms with E-state index in [-0.39, 0.29) is 0 Å². The summed E-state index contributed by atoms with van der Waals surface area (Å²) in [5, 5.41) is 9.08. The third-order valence-corrected chi connectivity index (χ3v) is 3.50. The molecule has 0 aliphatic carbocycles. The minimum absolute atomic E-state index is 0.320. The van der Waals surface area contributed by atoms with Gasteiger partial charge in [-0.3, -0.25) is 9.69 Å². The van der Waals surface area contributed by atoms with Crippen molar-refractivity contribution in [3.8, 4) is 0 Å². The Morgan fingerprint density at radius 1 is 1.53 bits per heavy atom. The molecule has 2 aromatic rings. The van der Waals surface area contributed by atoms with E-state index in [0.717, 1.165) is 11.1 Å². The Morgan fingerprint density at radius 2 is 2.32 bits per heavy atom. The number of fused-ring (bicyclic) bond motifs is 1. The first-order valence-corrected chi connectivity index (χ1v) is 6.16. The number of aliphatic carboxylic acids is 1. The van der Waals surface area contributed by atoms with Gasteiger partial charge in [0.2, 0.25) is 5.89 Å². The molecule has 100 valence electrons. The summed E-state index contributed by atoms with van der Waals surface area (Å²) < 4.78 is 5.62. The molecule has 19 heavy (non-hydrogen) atoms. The number of likely N-dealkylation sites (tertiary alicyclic amines) is 1. The largest absolute Gasteiger partial charge is 0.480 e. The highest BCUT2D eigenvalue weighted by molar-refractivity contribution is 5.79. The van der Waals surface area contributed by atoms with E-state index in [1.165, 1.54) is 0 Å². The number of hydrogen-bond acceptors (Lipinski definition) is 5. The Kier molecular flexibility index (Phi) is 2.76. The maximum Gasteiger partial charge on any atom is 0.325 e. The number of hydrogen-bond donors (Lipinski definition) is 2. The molecule has 1 aromatic heterocycles. The van der Waals surface area contributed by atoms with Crippen LogP contribution in [-0.4, -0.2) is 39.6 Å². The summed E-state index contributed by atoms with van der Waals surface area (Å²) in [4.78, 5) is 17.4. The van der Waals surface area contributed by atoms with Gasteiger partial charge in [-0.15, -0.1) is 0 Å². The number of rotatable bonds is 3. The monoisotopic (exact) mass is 261 g/mol. The zero-order valence-electron chi connectivity index (χ0n) is 10.4. The first kappa shape index (κ1) is 12.1. The van der Waals surface area contributed by atoms with Gasteiger partial charge in [0.15, 0.2) is 5.58 Å². The molecule has 3 rings (SSSR count). The van der Waals surface area contributed by atoms with Gasteiger partial charge in [0, 0.05) is 13.1 Å². The van der Waals surface area contributed by atoms with Crippen LogP contribution >= 0.6 is 0 Å². The summed E-state index contributed by atoms with van der Waals surface area (Å²) >= 11 is 0. The molecule has 1 aliphatic rings. The number of carboxylic acid groups (broad SMARTS) is 1. The molecule has 1 atom stereocenters. The van der Waals surface area contributed by atoms with Crippen LogP contribution in [0, 0.1) is 0 Å². The molecule has 1 saturated heterocycles. The van der Waals surface area contributed by atoms with Crippen LogP contribution in [-0.2, 0) is 11.3 Å². The lowest BCUT2D eigenvalue weighted by Crippen LogP contribution is -2.50. The van der Waals surface area contributed by atoms with E-state index in [0.29, 0.717) is 31.9 Å². The normalized spacial score (nSPS) is 24.1. The van der Waals surface area contributed by atoms with Gasteiger partial charge in [-0.1, -0.05) is 12.1 Å². The Labute approximate surface area is 109 Å².